The fourth-order valence-corrected chi connectivity index (χ4v) is 4.74. The Morgan fingerprint density at radius 3 is 2.81 bits per heavy atom. The molecule has 0 radical (unpaired) electrons. The predicted octanol–water partition coefficient (Wildman–Crippen LogP) is 3.54. The van der Waals surface area contributed by atoms with E-state index >= 15 is 0 Å². The van der Waals surface area contributed by atoms with Gasteiger partial charge in [-0.3, -0.25) is 4.79 Å². The van der Waals surface area contributed by atoms with Gasteiger partial charge >= 0.3 is 0 Å². The van der Waals surface area contributed by atoms with Crippen molar-refractivity contribution in [1.82, 2.24) is 14.8 Å². The van der Waals surface area contributed by atoms with Crippen molar-refractivity contribution in [3.8, 4) is 0 Å². The van der Waals surface area contributed by atoms with E-state index in [9.17, 15) is 4.79 Å². The molecule has 2 aliphatic rings. The Morgan fingerprint density at radius 1 is 1.19 bits per heavy atom. The van der Waals surface area contributed by atoms with Crippen molar-refractivity contribution in [3.05, 3.63) is 53.7 Å². The van der Waals surface area contributed by atoms with E-state index in [1.807, 2.05) is 11.8 Å². The number of nitrogens with zero attached hydrogens (tertiary/aromatic N) is 3. The number of aryl methyl sites for hydroxylation is 2. The van der Waals surface area contributed by atoms with E-state index in [0.29, 0.717) is 11.5 Å². The summed E-state index contributed by atoms with van der Waals surface area (Å²) in [6.45, 7) is 6.95. The van der Waals surface area contributed by atoms with Crippen molar-refractivity contribution in [1.29, 1.82) is 0 Å². The first-order valence-corrected chi connectivity index (χ1v) is 10.1. The summed E-state index contributed by atoms with van der Waals surface area (Å²) in [7, 11) is 0. The predicted molar refractivity (Wildman–Crippen MR) is 105 cm³/mol. The van der Waals surface area contributed by atoms with Gasteiger partial charge in [0.1, 0.15) is 0 Å². The van der Waals surface area contributed by atoms with Gasteiger partial charge in [-0.05, 0) is 57.7 Å². The van der Waals surface area contributed by atoms with Crippen molar-refractivity contribution in [2.45, 2.75) is 39.0 Å². The van der Waals surface area contributed by atoms with Gasteiger partial charge in [-0.2, -0.15) is 0 Å². The fraction of sp³-hybridized carbons (Fsp3) is 0.545. The molecule has 0 aliphatic carbocycles. The number of piperidine rings is 1. The highest BCUT2D eigenvalue weighted by Gasteiger charge is 2.43. The Morgan fingerprint density at radius 2 is 2.04 bits per heavy atom. The Bertz CT molecular complexity index is 773. The third-order valence-corrected chi connectivity index (χ3v) is 6.19. The maximum absolute atomic E-state index is 12.7. The van der Waals surface area contributed by atoms with Gasteiger partial charge in [0, 0.05) is 25.0 Å². The third kappa shape index (κ3) is 4.08. The Balaban J connectivity index is 1.31. The lowest BCUT2D eigenvalue weighted by atomic mass is 9.79. The minimum Gasteiger partial charge on any atom is -0.438 e. The number of carbonyl (C=O) groups is 1. The number of oxazole rings is 1. The van der Waals surface area contributed by atoms with E-state index < -0.39 is 0 Å². The molecule has 2 aliphatic heterocycles. The fourth-order valence-electron chi connectivity index (χ4n) is 4.74. The summed E-state index contributed by atoms with van der Waals surface area (Å²) >= 11 is 0. The SMILES string of the molecule is Cc1ncoc1C(=O)N1CCC2(CCCN(CCCc3ccccc3)C2)C1. The average molecular weight is 367 g/mol. The molecule has 1 amide bonds. The summed E-state index contributed by atoms with van der Waals surface area (Å²) in [6.07, 6.45) is 7.25. The lowest BCUT2D eigenvalue weighted by molar-refractivity contribution is 0.0662. The van der Waals surface area contributed by atoms with Crippen LogP contribution in [0.15, 0.2) is 41.1 Å². The van der Waals surface area contributed by atoms with Crippen LogP contribution in [0, 0.1) is 12.3 Å². The molecule has 1 aromatic heterocycles. The quantitative estimate of drug-likeness (QED) is 0.811. The molecular weight excluding hydrogens is 338 g/mol. The number of hydrogen-bond donors (Lipinski definition) is 0. The normalized spacial score (nSPS) is 23.2. The van der Waals surface area contributed by atoms with Crippen LogP contribution in [0.25, 0.3) is 0 Å². The first-order chi connectivity index (χ1) is 13.2. The molecule has 5 nitrogen and oxygen atoms in total. The number of likely N-dealkylation sites (tertiary alicyclic amines) is 2. The maximum atomic E-state index is 12.7. The summed E-state index contributed by atoms with van der Waals surface area (Å²) < 4.78 is 5.32. The molecule has 144 valence electrons. The molecule has 2 fully saturated rings. The Hall–Kier alpha value is -2.14. The van der Waals surface area contributed by atoms with E-state index in [2.05, 4.69) is 40.2 Å². The van der Waals surface area contributed by atoms with Crippen molar-refractivity contribution < 1.29 is 9.21 Å². The van der Waals surface area contributed by atoms with Crippen LogP contribution in [0.5, 0.6) is 0 Å². The summed E-state index contributed by atoms with van der Waals surface area (Å²) in [6, 6.07) is 10.7. The lowest BCUT2D eigenvalue weighted by Gasteiger charge is -2.40. The summed E-state index contributed by atoms with van der Waals surface area (Å²) in [4.78, 5) is 21.4. The van der Waals surface area contributed by atoms with Crippen LogP contribution in [-0.2, 0) is 6.42 Å². The van der Waals surface area contributed by atoms with Gasteiger partial charge in [0.15, 0.2) is 6.39 Å². The maximum Gasteiger partial charge on any atom is 0.291 e. The standard InChI is InChI=1S/C22H29N3O2/c1-18-20(27-17-23-18)21(26)25-14-11-22(16-25)10-6-13-24(15-22)12-5-9-19-7-3-2-4-8-19/h2-4,7-8,17H,5-6,9-16H2,1H3. The van der Waals surface area contributed by atoms with Crippen molar-refractivity contribution >= 4 is 5.91 Å². The number of carbonyl (C=O) groups excluding carboxylic acids is 1. The molecule has 2 aromatic rings. The van der Waals surface area contributed by atoms with E-state index in [1.165, 1.54) is 37.8 Å². The van der Waals surface area contributed by atoms with Crippen LogP contribution in [-0.4, -0.2) is 53.4 Å². The molecule has 3 heterocycles. The van der Waals surface area contributed by atoms with Crippen molar-refractivity contribution in [2.24, 2.45) is 5.41 Å². The number of amides is 1. The van der Waals surface area contributed by atoms with Crippen molar-refractivity contribution in [2.75, 3.05) is 32.7 Å². The van der Waals surface area contributed by atoms with Crippen LogP contribution >= 0.6 is 0 Å². The molecule has 0 N–H and O–H groups in total. The molecule has 2 saturated heterocycles. The summed E-state index contributed by atoms with van der Waals surface area (Å²) in [5, 5.41) is 0. The zero-order chi connectivity index (χ0) is 18.7. The topological polar surface area (TPSA) is 49.6 Å². The molecule has 27 heavy (non-hydrogen) atoms. The van der Waals surface area contributed by atoms with E-state index in [0.717, 1.165) is 39.0 Å². The average Bonchev–Trinajstić information content (AvgIpc) is 3.29. The van der Waals surface area contributed by atoms with Gasteiger partial charge in [0.2, 0.25) is 5.76 Å². The summed E-state index contributed by atoms with van der Waals surface area (Å²) in [5.41, 5.74) is 2.37. The molecule has 5 heteroatoms. The van der Waals surface area contributed by atoms with Gasteiger partial charge in [-0.1, -0.05) is 30.3 Å². The second-order valence-electron chi connectivity index (χ2n) is 8.21. The Labute approximate surface area is 161 Å². The minimum atomic E-state index is 0.00285. The molecule has 1 atom stereocenters. The second kappa shape index (κ2) is 7.85. The molecule has 1 aromatic carbocycles. The van der Waals surface area contributed by atoms with E-state index in [4.69, 9.17) is 4.42 Å². The molecular formula is C22H29N3O2. The Kier molecular flexibility index (Phi) is 5.30. The van der Waals surface area contributed by atoms with Gasteiger partial charge in [-0.15, -0.1) is 0 Å². The molecule has 0 bridgehead atoms. The third-order valence-electron chi connectivity index (χ3n) is 6.19. The smallest absolute Gasteiger partial charge is 0.291 e. The number of hydrogen-bond acceptors (Lipinski definition) is 4. The second-order valence-corrected chi connectivity index (χ2v) is 8.21. The van der Waals surface area contributed by atoms with Crippen LogP contribution in [0.4, 0.5) is 0 Å². The number of rotatable bonds is 5. The minimum absolute atomic E-state index is 0.00285. The first-order valence-electron chi connectivity index (χ1n) is 10.1. The highest BCUT2D eigenvalue weighted by Crippen LogP contribution is 2.39. The zero-order valence-electron chi connectivity index (χ0n) is 16.2. The first kappa shape index (κ1) is 18.2. The molecule has 4 rings (SSSR count). The van der Waals surface area contributed by atoms with Crippen molar-refractivity contribution in [3.63, 3.8) is 0 Å². The van der Waals surface area contributed by atoms with E-state index in [1.54, 1.807) is 0 Å². The van der Waals surface area contributed by atoms with Crippen LogP contribution in [0.3, 0.4) is 0 Å². The van der Waals surface area contributed by atoms with E-state index in [-0.39, 0.29) is 11.3 Å². The summed E-state index contributed by atoms with van der Waals surface area (Å²) in [5.74, 6) is 0.408. The van der Waals surface area contributed by atoms with Gasteiger partial charge < -0.3 is 14.2 Å². The van der Waals surface area contributed by atoms with Gasteiger partial charge in [-0.25, -0.2) is 4.98 Å². The van der Waals surface area contributed by atoms with Crippen LogP contribution in [0.1, 0.15) is 47.5 Å². The van der Waals surface area contributed by atoms with Gasteiger partial charge in [0.05, 0.1) is 5.69 Å². The monoisotopic (exact) mass is 367 g/mol. The van der Waals surface area contributed by atoms with Crippen LogP contribution in [0.2, 0.25) is 0 Å². The zero-order valence-corrected chi connectivity index (χ0v) is 16.2. The molecule has 1 unspecified atom stereocenters. The number of aromatic nitrogens is 1. The molecule has 1 spiro atoms. The largest absolute Gasteiger partial charge is 0.438 e. The van der Waals surface area contributed by atoms with Gasteiger partial charge in [0.25, 0.3) is 5.91 Å². The highest BCUT2D eigenvalue weighted by atomic mass is 16.3. The molecule has 0 saturated carbocycles. The highest BCUT2D eigenvalue weighted by molar-refractivity contribution is 5.92. The number of benzene rings is 1. The van der Waals surface area contributed by atoms with Crippen LogP contribution < -0.4 is 0 Å². The lowest BCUT2D eigenvalue weighted by Crippen LogP contribution is -2.45.